The number of likely N-dealkylation sites (tertiary alicyclic amines) is 1. The van der Waals surface area contributed by atoms with Crippen LogP contribution in [-0.4, -0.2) is 51.1 Å². The zero-order chi connectivity index (χ0) is 24.6. The third kappa shape index (κ3) is 4.25. The van der Waals surface area contributed by atoms with Crippen LogP contribution in [0.1, 0.15) is 29.5 Å². The Morgan fingerprint density at radius 1 is 1.09 bits per heavy atom. The number of carbonyl (C=O) groups is 3. The van der Waals surface area contributed by atoms with Crippen molar-refractivity contribution in [2.75, 3.05) is 13.8 Å². The van der Waals surface area contributed by atoms with Crippen molar-refractivity contribution in [2.24, 2.45) is 7.05 Å². The van der Waals surface area contributed by atoms with Gasteiger partial charge in [0, 0.05) is 45.2 Å². The highest BCUT2D eigenvalue weighted by Gasteiger charge is 2.54. The lowest BCUT2D eigenvalue weighted by Gasteiger charge is -2.29. The number of hydrogen-bond donors (Lipinski definition) is 0. The molecule has 2 aliphatic heterocycles. The molecule has 0 bridgehead atoms. The maximum absolute atomic E-state index is 13.9. The van der Waals surface area contributed by atoms with Gasteiger partial charge >= 0.3 is 0 Å². The second kappa shape index (κ2) is 8.90. The molecule has 1 aromatic heterocycles. The molecule has 0 N–H and O–H groups in total. The molecule has 9 nitrogen and oxygen atoms in total. The lowest BCUT2D eigenvalue weighted by molar-refractivity contribution is -0.143. The highest BCUT2D eigenvalue weighted by Crippen LogP contribution is 2.41. The van der Waals surface area contributed by atoms with E-state index in [2.05, 4.69) is 5.10 Å². The first-order chi connectivity index (χ1) is 16.9. The van der Waals surface area contributed by atoms with Crippen LogP contribution in [0.15, 0.2) is 60.9 Å². The van der Waals surface area contributed by atoms with Crippen LogP contribution in [-0.2, 0) is 39.9 Å². The molecule has 0 spiro atoms. The van der Waals surface area contributed by atoms with Crippen LogP contribution in [0.5, 0.6) is 11.5 Å². The fourth-order valence-electron chi connectivity index (χ4n) is 4.71. The largest absolute Gasteiger partial charge is 0.454 e. The SMILES string of the molecule is CN(Cc1cnn(C)c1)C(=O)CC1(c2ccccc2)CC(=O)N(Cc2ccc3c(c2)OCO3)C1=O. The summed E-state index contributed by atoms with van der Waals surface area (Å²) in [6.45, 7) is 0.606. The van der Waals surface area contributed by atoms with E-state index in [-0.39, 0.29) is 43.9 Å². The van der Waals surface area contributed by atoms with Crippen LogP contribution >= 0.6 is 0 Å². The van der Waals surface area contributed by atoms with Gasteiger partial charge in [-0.25, -0.2) is 0 Å². The molecule has 3 heterocycles. The van der Waals surface area contributed by atoms with Crippen molar-refractivity contribution in [3.63, 3.8) is 0 Å². The minimum Gasteiger partial charge on any atom is -0.454 e. The highest BCUT2D eigenvalue weighted by atomic mass is 16.7. The van der Waals surface area contributed by atoms with E-state index in [9.17, 15) is 14.4 Å². The molecule has 1 unspecified atom stereocenters. The number of ether oxygens (including phenoxy) is 2. The predicted molar refractivity (Wildman–Crippen MR) is 125 cm³/mol. The van der Waals surface area contributed by atoms with Gasteiger partial charge in [-0.2, -0.15) is 5.10 Å². The number of rotatable bonds is 7. The number of amides is 3. The Morgan fingerprint density at radius 3 is 2.60 bits per heavy atom. The number of hydrogen-bond acceptors (Lipinski definition) is 6. The fraction of sp³-hybridized carbons (Fsp3) is 0.308. The van der Waals surface area contributed by atoms with Crippen LogP contribution in [0.4, 0.5) is 0 Å². The first-order valence-electron chi connectivity index (χ1n) is 11.4. The minimum absolute atomic E-state index is 0.0626. The topological polar surface area (TPSA) is 94.0 Å². The van der Waals surface area contributed by atoms with Crippen molar-refractivity contribution in [3.8, 4) is 11.5 Å². The smallest absolute Gasteiger partial charge is 0.241 e. The Kier molecular flexibility index (Phi) is 5.76. The molecule has 3 aromatic rings. The van der Waals surface area contributed by atoms with Crippen molar-refractivity contribution >= 4 is 17.7 Å². The first kappa shape index (κ1) is 22.6. The molecular weight excluding hydrogens is 448 g/mol. The van der Waals surface area contributed by atoms with Gasteiger partial charge in [0.1, 0.15) is 0 Å². The van der Waals surface area contributed by atoms with E-state index in [0.29, 0.717) is 23.6 Å². The molecule has 2 aliphatic rings. The Labute approximate surface area is 202 Å². The van der Waals surface area contributed by atoms with Crippen LogP contribution in [0.3, 0.4) is 0 Å². The van der Waals surface area contributed by atoms with Gasteiger partial charge in [-0.05, 0) is 23.3 Å². The molecule has 5 rings (SSSR count). The van der Waals surface area contributed by atoms with Gasteiger partial charge in [0.05, 0.1) is 18.2 Å². The van der Waals surface area contributed by atoms with E-state index >= 15 is 0 Å². The summed E-state index contributed by atoms with van der Waals surface area (Å²) in [6.07, 6.45) is 3.38. The van der Waals surface area contributed by atoms with E-state index in [1.165, 1.54) is 4.90 Å². The molecule has 0 radical (unpaired) electrons. The highest BCUT2D eigenvalue weighted by molar-refractivity contribution is 6.10. The lowest BCUT2D eigenvalue weighted by atomic mass is 9.75. The standard InChI is InChI=1S/C26H26N4O5/c1-28(14-19-13-27-29(2)15-19)23(31)11-26(20-6-4-3-5-7-20)12-24(32)30(25(26)33)16-18-8-9-21-22(10-18)35-17-34-21/h3-10,13,15H,11-12,14,16-17H2,1-2H3. The number of carbonyl (C=O) groups excluding carboxylic acids is 3. The average Bonchev–Trinajstić information content (AvgIpc) is 3.54. The minimum atomic E-state index is -1.25. The molecule has 1 atom stereocenters. The number of imide groups is 1. The molecule has 180 valence electrons. The van der Waals surface area contributed by atoms with Crippen molar-refractivity contribution in [1.82, 2.24) is 19.6 Å². The summed E-state index contributed by atoms with van der Waals surface area (Å²) in [5.41, 5.74) is 1.04. The number of fused-ring (bicyclic) bond motifs is 1. The summed E-state index contributed by atoms with van der Waals surface area (Å²) < 4.78 is 12.5. The van der Waals surface area contributed by atoms with Gasteiger partial charge in [0.2, 0.25) is 24.5 Å². The van der Waals surface area contributed by atoms with E-state index in [0.717, 1.165) is 11.1 Å². The van der Waals surface area contributed by atoms with Crippen molar-refractivity contribution in [1.29, 1.82) is 0 Å². The molecule has 2 aromatic carbocycles. The van der Waals surface area contributed by atoms with Gasteiger partial charge < -0.3 is 14.4 Å². The van der Waals surface area contributed by atoms with E-state index < -0.39 is 5.41 Å². The third-order valence-electron chi connectivity index (χ3n) is 6.57. The van der Waals surface area contributed by atoms with E-state index in [4.69, 9.17) is 9.47 Å². The zero-order valence-corrected chi connectivity index (χ0v) is 19.6. The van der Waals surface area contributed by atoms with E-state index in [1.54, 1.807) is 35.0 Å². The van der Waals surface area contributed by atoms with Gasteiger partial charge in [-0.15, -0.1) is 0 Å². The first-order valence-corrected chi connectivity index (χ1v) is 11.4. The van der Waals surface area contributed by atoms with Gasteiger partial charge in [-0.1, -0.05) is 36.4 Å². The van der Waals surface area contributed by atoms with Gasteiger partial charge in [-0.3, -0.25) is 24.0 Å². The normalized spacial score (nSPS) is 18.9. The monoisotopic (exact) mass is 474 g/mol. The Hall–Kier alpha value is -4.14. The third-order valence-corrected chi connectivity index (χ3v) is 6.57. The molecule has 1 fully saturated rings. The molecular formula is C26H26N4O5. The van der Waals surface area contributed by atoms with Gasteiger partial charge in [0.15, 0.2) is 11.5 Å². The summed E-state index contributed by atoms with van der Waals surface area (Å²) in [7, 11) is 3.51. The maximum atomic E-state index is 13.9. The summed E-state index contributed by atoms with van der Waals surface area (Å²) in [6, 6.07) is 14.5. The molecule has 0 aliphatic carbocycles. The van der Waals surface area contributed by atoms with E-state index in [1.807, 2.05) is 49.6 Å². The predicted octanol–water partition coefficient (Wildman–Crippen LogP) is 2.39. The summed E-state index contributed by atoms with van der Waals surface area (Å²) >= 11 is 0. The van der Waals surface area contributed by atoms with Crippen molar-refractivity contribution in [3.05, 3.63) is 77.6 Å². The molecule has 3 amide bonds. The zero-order valence-electron chi connectivity index (χ0n) is 19.6. The van der Waals surface area contributed by atoms with Crippen LogP contribution in [0.25, 0.3) is 0 Å². The number of aromatic nitrogens is 2. The van der Waals surface area contributed by atoms with Crippen molar-refractivity contribution < 1.29 is 23.9 Å². The summed E-state index contributed by atoms with van der Waals surface area (Å²) in [5.74, 6) is 0.328. The number of aryl methyl sites for hydroxylation is 1. The van der Waals surface area contributed by atoms with Crippen LogP contribution < -0.4 is 9.47 Å². The molecule has 9 heteroatoms. The Balaban J connectivity index is 1.41. The van der Waals surface area contributed by atoms with Crippen LogP contribution in [0, 0.1) is 0 Å². The average molecular weight is 475 g/mol. The van der Waals surface area contributed by atoms with Gasteiger partial charge in [0.25, 0.3) is 0 Å². The van der Waals surface area contributed by atoms with Crippen molar-refractivity contribution in [2.45, 2.75) is 31.3 Å². The van der Waals surface area contributed by atoms with Crippen LogP contribution in [0.2, 0.25) is 0 Å². The second-order valence-electron chi connectivity index (χ2n) is 9.05. The lowest BCUT2D eigenvalue weighted by Crippen LogP contribution is -2.42. The number of benzene rings is 2. The number of nitrogens with zero attached hydrogens (tertiary/aromatic N) is 4. The molecule has 35 heavy (non-hydrogen) atoms. The molecule has 1 saturated heterocycles. The summed E-state index contributed by atoms with van der Waals surface area (Å²) in [5, 5.41) is 4.14. The Bertz CT molecular complexity index is 1290. The summed E-state index contributed by atoms with van der Waals surface area (Å²) in [4.78, 5) is 43.2. The fourth-order valence-corrected chi connectivity index (χ4v) is 4.71. The second-order valence-corrected chi connectivity index (χ2v) is 9.05. The quantitative estimate of drug-likeness (QED) is 0.488. The maximum Gasteiger partial charge on any atom is 0.241 e. The molecule has 0 saturated carbocycles. The Morgan fingerprint density at radius 2 is 1.86 bits per heavy atom.